The maximum atomic E-state index is 5.90. The smallest absolute Gasteiger partial charge is 0.194 e. The average molecular weight is 307 g/mol. The summed E-state index contributed by atoms with van der Waals surface area (Å²) < 4.78 is 7.72. The SMILES string of the molecule is CCCCCN=C(NCC)N1CCOC(c2cnn(C)c2)C1. The first kappa shape index (κ1) is 16.8. The molecule has 2 heterocycles. The van der Waals surface area contributed by atoms with E-state index < -0.39 is 0 Å². The third kappa shape index (κ3) is 4.73. The summed E-state index contributed by atoms with van der Waals surface area (Å²) in [5.74, 6) is 1.01. The van der Waals surface area contributed by atoms with Crippen molar-refractivity contribution in [3.8, 4) is 0 Å². The van der Waals surface area contributed by atoms with E-state index in [0.717, 1.165) is 50.7 Å². The van der Waals surface area contributed by atoms with E-state index in [1.54, 1.807) is 0 Å². The van der Waals surface area contributed by atoms with Gasteiger partial charge >= 0.3 is 0 Å². The highest BCUT2D eigenvalue weighted by Gasteiger charge is 2.24. The topological polar surface area (TPSA) is 54.7 Å². The number of guanidine groups is 1. The lowest BCUT2D eigenvalue weighted by molar-refractivity contribution is -0.00804. The van der Waals surface area contributed by atoms with Crippen LogP contribution in [0.15, 0.2) is 17.4 Å². The zero-order valence-electron chi connectivity index (χ0n) is 14.1. The van der Waals surface area contributed by atoms with Crippen molar-refractivity contribution in [2.24, 2.45) is 12.0 Å². The van der Waals surface area contributed by atoms with E-state index >= 15 is 0 Å². The molecular weight excluding hydrogens is 278 g/mol. The van der Waals surface area contributed by atoms with Gasteiger partial charge in [-0.3, -0.25) is 9.67 Å². The van der Waals surface area contributed by atoms with Gasteiger partial charge in [-0.15, -0.1) is 0 Å². The molecule has 0 aliphatic carbocycles. The Balaban J connectivity index is 1.97. The molecule has 0 amide bonds. The van der Waals surface area contributed by atoms with E-state index in [1.165, 1.54) is 12.8 Å². The molecule has 1 saturated heterocycles. The van der Waals surface area contributed by atoms with Gasteiger partial charge in [-0.25, -0.2) is 0 Å². The summed E-state index contributed by atoms with van der Waals surface area (Å²) >= 11 is 0. The maximum Gasteiger partial charge on any atom is 0.194 e. The molecular formula is C16H29N5O. The Morgan fingerprint density at radius 1 is 1.45 bits per heavy atom. The van der Waals surface area contributed by atoms with Crippen molar-refractivity contribution in [2.75, 3.05) is 32.8 Å². The van der Waals surface area contributed by atoms with E-state index in [0.29, 0.717) is 0 Å². The summed E-state index contributed by atoms with van der Waals surface area (Å²) in [5, 5.41) is 7.65. The number of aryl methyl sites for hydroxylation is 1. The van der Waals surface area contributed by atoms with Gasteiger partial charge in [-0.05, 0) is 13.3 Å². The quantitative estimate of drug-likeness (QED) is 0.496. The van der Waals surface area contributed by atoms with E-state index in [9.17, 15) is 0 Å². The van der Waals surface area contributed by atoms with Crippen LogP contribution in [-0.4, -0.2) is 53.4 Å². The van der Waals surface area contributed by atoms with Crippen LogP contribution >= 0.6 is 0 Å². The molecule has 2 rings (SSSR count). The Hall–Kier alpha value is -1.56. The summed E-state index contributed by atoms with van der Waals surface area (Å²) in [4.78, 5) is 7.07. The van der Waals surface area contributed by atoms with Crippen molar-refractivity contribution >= 4 is 5.96 Å². The fraction of sp³-hybridized carbons (Fsp3) is 0.750. The first-order chi connectivity index (χ1) is 10.7. The number of aromatic nitrogens is 2. The molecule has 1 aliphatic heterocycles. The molecule has 0 spiro atoms. The number of unbranched alkanes of at least 4 members (excludes halogenated alkanes) is 2. The molecule has 124 valence electrons. The number of rotatable bonds is 6. The second kappa shape index (κ2) is 8.78. The van der Waals surface area contributed by atoms with Crippen LogP contribution in [0.1, 0.15) is 44.8 Å². The van der Waals surface area contributed by atoms with Gasteiger partial charge in [-0.2, -0.15) is 5.10 Å². The molecule has 0 saturated carbocycles. The summed E-state index contributed by atoms with van der Waals surface area (Å²) in [6, 6.07) is 0. The fourth-order valence-electron chi connectivity index (χ4n) is 2.62. The lowest BCUT2D eigenvalue weighted by Crippen LogP contribution is -2.48. The van der Waals surface area contributed by atoms with Crippen LogP contribution in [0.25, 0.3) is 0 Å². The van der Waals surface area contributed by atoms with E-state index in [-0.39, 0.29) is 6.10 Å². The molecule has 1 fully saturated rings. The van der Waals surface area contributed by atoms with E-state index in [1.807, 2.05) is 24.1 Å². The second-order valence-electron chi connectivity index (χ2n) is 5.70. The molecule has 1 aromatic rings. The third-order valence-electron chi connectivity index (χ3n) is 3.82. The van der Waals surface area contributed by atoms with Crippen LogP contribution in [0.2, 0.25) is 0 Å². The van der Waals surface area contributed by atoms with E-state index in [2.05, 4.69) is 29.2 Å². The van der Waals surface area contributed by atoms with Crippen LogP contribution < -0.4 is 5.32 Å². The Kier molecular flexibility index (Phi) is 6.71. The molecule has 1 atom stereocenters. The van der Waals surface area contributed by atoms with Crippen molar-refractivity contribution in [1.82, 2.24) is 20.0 Å². The summed E-state index contributed by atoms with van der Waals surface area (Å²) in [6.45, 7) is 8.54. The molecule has 22 heavy (non-hydrogen) atoms. The lowest BCUT2D eigenvalue weighted by atomic mass is 10.1. The van der Waals surface area contributed by atoms with Crippen molar-refractivity contribution in [1.29, 1.82) is 0 Å². The Morgan fingerprint density at radius 3 is 3.00 bits per heavy atom. The highest BCUT2D eigenvalue weighted by atomic mass is 16.5. The molecule has 6 nitrogen and oxygen atoms in total. The van der Waals surface area contributed by atoms with Crippen LogP contribution in [0.3, 0.4) is 0 Å². The monoisotopic (exact) mass is 307 g/mol. The molecule has 1 aromatic heterocycles. The average Bonchev–Trinajstić information content (AvgIpc) is 2.97. The lowest BCUT2D eigenvalue weighted by Gasteiger charge is -2.34. The van der Waals surface area contributed by atoms with Crippen molar-refractivity contribution in [3.05, 3.63) is 18.0 Å². The number of morpholine rings is 1. The zero-order chi connectivity index (χ0) is 15.8. The van der Waals surface area contributed by atoms with Gasteiger partial charge in [0.15, 0.2) is 5.96 Å². The Morgan fingerprint density at radius 2 is 2.32 bits per heavy atom. The zero-order valence-corrected chi connectivity index (χ0v) is 14.1. The molecule has 0 aromatic carbocycles. The molecule has 1 N–H and O–H groups in total. The van der Waals surface area contributed by atoms with Gasteiger partial charge in [-0.1, -0.05) is 19.8 Å². The number of aliphatic imine (C=N–C) groups is 1. The summed E-state index contributed by atoms with van der Waals surface area (Å²) in [5.41, 5.74) is 1.13. The molecule has 1 aliphatic rings. The number of hydrogen-bond acceptors (Lipinski definition) is 3. The first-order valence-electron chi connectivity index (χ1n) is 8.38. The maximum absolute atomic E-state index is 5.90. The Labute approximate surface area is 133 Å². The van der Waals surface area contributed by atoms with Crippen LogP contribution in [0, 0.1) is 0 Å². The number of nitrogens with one attached hydrogen (secondary N) is 1. The minimum absolute atomic E-state index is 0.0712. The largest absolute Gasteiger partial charge is 0.370 e. The highest BCUT2D eigenvalue weighted by Crippen LogP contribution is 2.21. The summed E-state index contributed by atoms with van der Waals surface area (Å²) in [7, 11) is 1.93. The predicted molar refractivity (Wildman–Crippen MR) is 89.0 cm³/mol. The van der Waals surface area contributed by atoms with Gasteiger partial charge in [0, 0.05) is 38.4 Å². The van der Waals surface area contributed by atoms with Gasteiger partial charge in [0.05, 0.1) is 19.3 Å². The van der Waals surface area contributed by atoms with Crippen LogP contribution in [0.4, 0.5) is 0 Å². The minimum Gasteiger partial charge on any atom is -0.370 e. The third-order valence-corrected chi connectivity index (χ3v) is 3.82. The Bertz CT molecular complexity index is 471. The van der Waals surface area contributed by atoms with Crippen LogP contribution in [0.5, 0.6) is 0 Å². The number of hydrogen-bond donors (Lipinski definition) is 1. The minimum atomic E-state index is 0.0712. The molecule has 0 radical (unpaired) electrons. The van der Waals surface area contributed by atoms with E-state index in [4.69, 9.17) is 9.73 Å². The number of ether oxygens (including phenoxy) is 1. The molecule has 0 bridgehead atoms. The van der Waals surface area contributed by atoms with Crippen LogP contribution in [-0.2, 0) is 11.8 Å². The van der Waals surface area contributed by atoms with Gasteiger partial charge in [0.25, 0.3) is 0 Å². The summed E-state index contributed by atoms with van der Waals surface area (Å²) in [6.07, 6.45) is 7.61. The second-order valence-corrected chi connectivity index (χ2v) is 5.70. The van der Waals surface area contributed by atoms with Crippen molar-refractivity contribution in [3.63, 3.8) is 0 Å². The van der Waals surface area contributed by atoms with Gasteiger partial charge in [0.2, 0.25) is 0 Å². The highest BCUT2D eigenvalue weighted by molar-refractivity contribution is 5.80. The van der Waals surface area contributed by atoms with Gasteiger partial charge in [0.1, 0.15) is 6.10 Å². The molecule has 1 unspecified atom stereocenters. The first-order valence-corrected chi connectivity index (χ1v) is 8.38. The van der Waals surface area contributed by atoms with Crippen molar-refractivity contribution in [2.45, 2.75) is 39.2 Å². The fourth-order valence-corrected chi connectivity index (χ4v) is 2.62. The molecule has 6 heteroatoms. The standard InChI is InChI=1S/C16H29N5O/c1-4-6-7-8-18-16(17-5-2)21-9-10-22-15(13-21)14-11-19-20(3)12-14/h11-12,15H,4-10,13H2,1-3H3,(H,17,18). The van der Waals surface area contributed by atoms with Crippen molar-refractivity contribution < 1.29 is 4.74 Å². The predicted octanol–water partition coefficient (Wildman–Crippen LogP) is 1.95. The van der Waals surface area contributed by atoms with Gasteiger partial charge < -0.3 is 15.0 Å². The normalized spacial score (nSPS) is 19.5. The number of nitrogens with zero attached hydrogens (tertiary/aromatic N) is 4.